The van der Waals surface area contributed by atoms with E-state index in [0.717, 1.165) is 0 Å². The number of aromatic amines is 1. The first-order valence-electron chi connectivity index (χ1n) is 5.69. The topological polar surface area (TPSA) is 64.2 Å². The van der Waals surface area contributed by atoms with Crippen LogP contribution in [0.4, 0.5) is 0 Å². The van der Waals surface area contributed by atoms with Crippen LogP contribution in [0.3, 0.4) is 0 Å². The summed E-state index contributed by atoms with van der Waals surface area (Å²) in [7, 11) is 3.06. The number of hydrogen-bond donors (Lipinski definition) is 1. The fourth-order valence-electron chi connectivity index (χ4n) is 1.76. The molecule has 2 rings (SSSR count). The van der Waals surface area contributed by atoms with Crippen LogP contribution >= 0.6 is 27.5 Å². The Bertz CT molecular complexity index is 688. The Labute approximate surface area is 129 Å². The van der Waals surface area contributed by atoms with Crippen molar-refractivity contribution in [2.24, 2.45) is 0 Å². The van der Waals surface area contributed by atoms with Crippen molar-refractivity contribution >= 4 is 27.5 Å². The Morgan fingerprint density at radius 1 is 1.40 bits per heavy atom. The van der Waals surface area contributed by atoms with E-state index in [1.807, 2.05) is 0 Å². The number of aromatic nitrogens is 2. The van der Waals surface area contributed by atoms with Crippen LogP contribution in [0.2, 0.25) is 5.02 Å². The van der Waals surface area contributed by atoms with Crippen molar-refractivity contribution in [1.29, 1.82) is 0 Å². The molecule has 0 unspecified atom stereocenters. The van der Waals surface area contributed by atoms with Crippen LogP contribution in [0.5, 0.6) is 5.75 Å². The zero-order chi connectivity index (χ0) is 14.7. The Balaban J connectivity index is 2.68. The van der Waals surface area contributed by atoms with Gasteiger partial charge in [0.05, 0.1) is 30.0 Å². The molecule has 1 heterocycles. The van der Waals surface area contributed by atoms with Crippen LogP contribution in [0.15, 0.2) is 27.5 Å². The van der Waals surface area contributed by atoms with Gasteiger partial charge in [0.1, 0.15) is 16.0 Å². The molecule has 0 saturated heterocycles. The summed E-state index contributed by atoms with van der Waals surface area (Å²) in [5.41, 5.74) is 0.732. The summed E-state index contributed by atoms with van der Waals surface area (Å²) >= 11 is 9.37. The number of hydrogen-bond acceptors (Lipinski definition) is 4. The molecule has 7 heteroatoms. The predicted molar refractivity (Wildman–Crippen MR) is 80.3 cm³/mol. The van der Waals surface area contributed by atoms with Crippen LogP contribution in [0.1, 0.15) is 5.69 Å². The van der Waals surface area contributed by atoms with E-state index in [-0.39, 0.29) is 12.2 Å². The average Bonchev–Trinajstić information content (AvgIpc) is 2.43. The van der Waals surface area contributed by atoms with Crippen LogP contribution in [0.25, 0.3) is 11.4 Å². The zero-order valence-electron chi connectivity index (χ0n) is 10.9. The van der Waals surface area contributed by atoms with E-state index in [1.165, 1.54) is 14.2 Å². The number of ether oxygens (including phenoxy) is 2. The third-order valence-corrected chi connectivity index (χ3v) is 3.78. The summed E-state index contributed by atoms with van der Waals surface area (Å²) in [4.78, 5) is 19.0. The van der Waals surface area contributed by atoms with Gasteiger partial charge in [-0.2, -0.15) is 0 Å². The molecule has 1 N–H and O–H groups in total. The second-order valence-electron chi connectivity index (χ2n) is 3.93. The molecule has 0 aliphatic heterocycles. The smallest absolute Gasteiger partial charge is 0.265 e. The summed E-state index contributed by atoms with van der Waals surface area (Å²) < 4.78 is 10.6. The van der Waals surface area contributed by atoms with Crippen molar-refractivity contribution in [3.05, 3.63) is 43.7 Å². The molecule has 1 aromatic heterocycles. The van der Waals surface area contributed by atoms with Crippen LogP contribution in [-0.4, -0.2) is 24.2 Å². The first-order valence-corrected chi connectivity index (χ1v) is 6.86. The number of halogens is 2. The number of nitrogens with one attached hydrogen (secondary N) is 1. The minimum absolute atomic E-state index is 0.213. The number of benzene rings is 1. The summed E-state index contributed by atoms with van der Waals surface area (Å²) in [5.74, 6) is 0.874. The highest BCUT2D eigenvalue weighted by atomic mass is 79.9. The van der Waals surface area contributed by atoms with Gasteiger partial charge in [-0.05, 0) is 28.1 Å². The van der Waals surface area contributed by atoms with Crippen molar-refractivity contribution in [1.82, 2.24) is 9.97 Å². The summed E-state index contributed by atoms with van der Waals surface area (Å²) in [5, 5.41) is 0.443. The molecule has 0 radical (unpaired) electrons. The number of H-pyrrole nitrogens is 1. The normalized spacial score (nSPS) is 10.6. The molecule has 0 amide bonds. The molecule has 0 atom stereocenters. The molecule has 0 bridgehead atoms. The molecule has 0 saturated carbocycles. The third-order valence-electron chi connectivity index (χ3n) is 2.64. The van der Waals surface area contributed by atoms with Crippen molar-refractivity contribution in [2.75, 3.05) is 14.2 Å². The lowest BCUT2D eigenvalue weighted by molar-refractivity contribution is 0.180. The molecule has 0 spiro atoms. The first-order chi connectivity index (χ1) is 9.58. The second-order valence-corrected chi connectivity index (χ2v) is 5.13. The summed E-state index contributed by atoms with van der Waals surface area (Å²) in [6, 6.07) is 5.22. The second kappa shape index (κ2) is 6.39. The quantitative estimate of drug-likeness (QED) is 0.911. The Hall–Kier alpha value is -1.37. The fraction of sp³-hybridized carbons (Fsp3) is 0.231. The monoisotopic (exact) mass is 358 g/mol. The number of methoxy groups -OCH3 is 2. The maximum absolute atomic E-state index is 11.9. The van der Waals surface area contributed by atoms with Gasteiger partial charge in [-0.3, -0.25) is 4.79 Å². The van der Waals surface area contributed by atoms with E-state index in [4.69, 9.17) is 21.1 Å². The van der Waals surface area contributed by atoms with Gasteiger partial charge < -0.3 is 14.5 Å². The summed E-state index contributed by atoms with van der Waals surface area (Å²) in [6.45, 7) is 0.213. The predicted octanol–water partition coefficient (Wildman–Crippen LogP) is 3.01. The van der Waals surface area contributed by atoms with Crippen LogP contribution in [-0.2, 0) is 11.3 Å². The van der Waals surface area contributed by atoms with E-state index in [9.17, 15) is 4.79 Å². The van der Waals surface area contributed by atoms with Gasteiger partial charge in [-0.25, -0.2) is 4.98 Å². The van der Waals surface area contributed by atoms with Crippen LogP contribution in [0, 0.1) is 0 Å². The summed E-state index contributed by atoms with van der Waals surface area (Å²) in [6.07, 6.45) is 0. The van der Waals surface area contributed by atoms with Crippen molar-refractivity contribution in [3.63, 3.8) is 0 Å². The Kier molecular flexibility index (Phi) is 4.80. The van der Waals surface area contributed by atoms with Gasteiger partial charge in [0.25, 0.3) is 5.56 Å². The van der Waals surface area contributed by atoms with Gasteiger partial charge in [-0.1, -0.05) is 17.7 Å². The molecule has 1 aromatic carbocycles. The molecule has 2 aromatic rings. The molecule has 20 heavy (non-hydrogen) atoms. The molecule has 0 aliphatic carbocycles. The average molecular weight is 360 g/mol. The van der Waals surface area contributed by atoms with E-state index in [2.05, 4.69) is 25.9 Å². The van der Waals surface area contributed by atoms with E-state index >= 15 is 0 Å². The Morgan fingerprint density at radius 2 is 2.15 bits per heavy atom. The lowest BCUT2D eigenvalue weighted by Gasteiger charge is -2.11. The minimum Gasteiger partial charge on any atom is -0.496 e. The molecular weight excluding hydrogens is 348 g/mol. The highest BCUT2D eigenvalue weighted by Gasteiger charge is 2.16. The van der Waals surface area contributed by atoms with Gasteiger partial charge in [0.15, 0.2) is 0 Å². The first kappa shape index (κ1) is 15.0. The molecule has 106 valence electrons. The molecule has 0 fully saturated rings. The highest BCUT2D eigenvalue weighted by Crippen LogP contribution is 2.34. The third kappa shape index (κ3) is 2.87. The lowest BCUT2D eigenvalue weighted by atomic mass is 10.2. The Morgan fingerprint density at radius 3 is 2.80 bits per heavy atom. The molecule has 0 aliphatic rings. The van der Waals surface area contributed by atoms with Gasteiger partial charge in [-0.15, -0.1) is 0 Å². The van der Waals surface area contributed by atoms with E-state index in [0.29, 0.717) is 32.3 Å². The standard InChI is InChI=1S/C13H12BrClN2O3/c1-19-6-8-11(14)13(18)17-12(16-8)10-7(15)4-3-5-9(10)20-2/h3-5H,6H2,1-2H3,(H,16,17,18). The van der Waals surface area contributed by atoms with Crippen LogP contribution < -0.4 is 10.3 Å². The number of nitrogens with zero attached hydrogens (tertiary/aromatic N) is 1. The fourth-order valence-corrected chi connectivity index (χ4v) is 2.32. The molecule has 5 nitrogen and oxygen atoms in total. The molecular formula is C13H12BrClN2O3. The van der Waals surface area contributed by atoms with E-state index < -0.39 is 0 Å². The SMILES string of the molecule is COCc1nc(-c2c(Cl)cccc2OC)[nH]c(=O)c1Br. The highest BCUT2D eigenvalue weighted by molar-refractivity contribution is 9.10. The van der Waals surface area contributed by atoms with Gasteiger partial charge >= 0.3 is 0 Å². The van der Waals surface area contributed by atoms with Gasteiger partial charge in [0.2, 0.25) is 0 Å². The minimum atomic E-state index is -0.302. The van der Waals surface area contributed by atoms with Crippen molar-refractivity contribution in [2.45, 2.75) is 6.61 Å². The maximum atomic E-state index is 11.9. The van der Waals surface area contributed by atoms with Crippen molar-refractivity contribution < 1.29 is 9.47 Å². The largest absolute Gasteiger partial charge is 0.496 e. The zero-order valence-corrected chi connectivity index (χ0v) is 13.2. The van der Waals surface area contributed by atoms with Gasteiger partial charge in [0, 0.05) is 7.11 Å². The van der Waals surface area contributed by atoms with E-state index in [1.54, 1.807) is 18.2 Å². The van der Waals surface area contributed by atoms with Crippen molar-refractivity contribution in [3.8, 4) is 17.1 Å². The number of rotatable bonds is 4. The lowest BCUT2D eigenvalue weighted by Crippen LogP contribution is -2.14. The maximum Gasteiger partial charge on any atom is 0.265 e.